The van der Waals surface area contributed by atoms with Gasteiger partial charge in [-0.2, -0.15) is 0 Å². The number of carbonyl (C=O) groups is 2. The van der Waals surface area contributed by atoms with Crippen LogP contribution >= 0.6 is 0 Å². The van der Waals surface area contributed by atoms with Gasteiger partial charge in [-0.15, -0.1) is 0 Å². The number of carbonyl (C=O) groups excluding carboxylic acids is 1. The first-order valence-corrected chi connectivity index (χ1v) is 6.75. The van der Waals surface area contributed by atoms with Gasteiger partial charge in [0.25, 0.3) is 0 Å². The fourth-order valence-electron chi connectivity index (χ4n) is 1.18. The number of hydrogen-bond donors (Lipinski definition) is 3. The summed E-state index contributed by atoms with van der Waals surface area (Å²) in [6.45, 7) is 0. The van der Waals surface area contributed by atoms with E-state index in [1.165, 1.54) is 24.3 Å². The summed E-state index contributed by atoms with van der Waals surface area (Å²) in [5.74, 6) is -1.87. The lowest BCUT2D eigenvalue weighted by atomic mass is 10.3. The number of anilines is 2. The van der Waals surface area contributed by atoms with E-state index in [1.807, 2.05) is 0 Å². The molecule has 1 aromatic carbocycles. The topological polar surface area (TPSA) is 113 Å². The highest BCUT2D eigenvalue weighted by molar-refractivity contribution is 7.92. The number of aliphatic carboxylic acids is 1. The second kappa shape index (κ2) is 5.50. The van der Waals surface area contributed by atoms with Gasteiger partial charge in [0, 0.05) is 11.4 Å². The average molecular weight is 272 g/mol. The molecule has 1 rings (SSSR count). The first-order valence-electron chi connectivity index (χ1n) is 4.86. The van der Waals surface area contributed by atoms with Crippen molar-refractivity contribution in [2.24, 2.45) is 0 Å². The molecule has 0 heterocycles. The molecular formula is C10H12N2O5S. The van der Waals surface area contributed by atoms with Crippen molar-refractivity contribution in [1.82, 2.24) is 0 Å². The van der Waals surface area contributed by atoms with Crippen molar-refractivity contribution in [3.8, 4) is 0 Å². The molecule has 7 nitrogen and oxygen atoms in total. The van der Waals surface area contributed by atoms with Crippen LogP contribution in [0.4, 0.5) is 11.4 Å². The van der Waals surface area contributed by atoms with Crippen LogP contribution in [0.3, 0.4) is 0 Å². The molecule has 18 heavy (non-hydrogen) atoms. The largest absolute Gasteiger partial charge is 0.481 e. The van der Waals surface area contributed by atoms with Crippen LogP contribution in [0, 0.1) is 0 Å². The summed E-state index contributed by atoms with van der Waals surface area (Å²) in [5, 5.41) is 10.8. The van der Waals surface area contributed by atoms with Crippen molar-refractivity contribution >= 4 is 33.3 Å². The van der Waals surface area contributed by atoms with E-state index in [-0.39, 0.29) is 0 Å². The van der Waals surface area contributed by atoms with Gasteiger partial charge in [-0.25, -0.2) is 8.42 Å². The minimum Gasteiger partial charge on any atom is -0.481 e. The SMILES string of the molecule is CS(=O)(=O)Nc1ccc(NC(=O)CC(=O)O)cc1. The first kappa shape index (κ1) is 14.0. The third-order valence-electron chi connectivity index (χ3n) is 1.78. The smallest absolute Gasteiger partial charge is 0.312 e. The number of nitrogens with one attached hydrogen (secondary N) is 2. The van der Waals surface area contributed by atoms with Crippen LogP contribution in [-0.4, -0.2) is 31.7 Å². The maximum Gasteiger partial charge on any atom is 0.312 e. The van der Waals surface area contributed by atoms with Crippen LogP contribution in [-0.2, 0) is 19.6 Å². The lowest BCUT2D eigenvalue weighted by Gasteiger charge is -2.06. The minimum atomic E-state index is -3.34. The van der Waals surface area contributed by atoms with Crippen molar-refractivity contribution < 1.29 is 23.1 Å². The van der Waals surface area contributed by atoms with E-state index in [0.717, 1.165) is 6.26 Å². The van der Waals surface area contributed by atoms with Crippen LogP contribution in [0.1, 0.15) is 6.42 Å². The molecule has 1 aromatic rings. The summed E-state index contributed by atoms with van der Waals surface area (Å²) in [6, 6.07) is 5.84. The standard InChI is InChI=1S/C10H12N2O5S/c1-18(16,17)12-8-4-2-7(3-5-8)11-9(13)6-10(14)15/h2-5,12H,6H2,1H3,(H,11,13)(H,14,15). The summed E-state index contributed by atoms with van der Waals surface area (Å²) >= 11 is 0. The van der Waals surface area contributed by atoms with E-state index in [4.69, 9.17) is 5.11 Å². The van der Waals surface area contributed by atoms with Gasteiger partial charge in [0.15, 0.2) is 0 Å². The molecule has 0 unspecified atom stereocenters. The van der Waals surface area contributed by atoms with Crippen molar-refractivity contribution in [2.75, 3.05) is 16.3 Å². The Morgan fingerprint density at radius 1 is 1.17 bits per heavy atom. The summed E-state index contributed by atoms with van der Waals surface area (Å²) in [4.78, 5) is 21.4. The van der Waals surface area contributed by atoms with Crippen LogP contribution in [0.2, 0.25) is 0 Å². The predicted octanol–water partition coefficient (Wildman–Crippen LogP) is 0.471. The molecule has 0 fully saturated rings. The Morgan fingerprint density at radius 2 is 1.67 bits per heavy atom. The Kier molecular flexibility index (Phi) is 4.27. The second-order valence-corrected chi connectivity index (χ2v) is 5.32. The van der Waals surface area contributed by atoms with E-state index in [0.29, 0.717) is 11.4 Å². The molecule has 0 aliphatic rings. The van der Waals surface area contributed by atoms with Crippen LogP contribution in [0.25, 0.3) is 0 Å². The Bertz CT molecular complexity index is 550. The van der Waals surface area contributed by atoms with Gasteiger partial charge >= 0.3 is 5.97 Å². The fourth-order valence-corrected chi connectivity index (χ4v) is 1.74. The number of amides is 1. The molecule has 0 saturated carbocycles. The highest BCUT2D eigenvalue weighted by Gasteiger charge is 2.08. The molecule has 98 valence electrons. The lowest BCUT2D eigenvalue weighted by Crippen LogP contribution is -2.16. The quantitative estimate of drug-likeness (QED) is 0.674. The van der Waals surface area contributed by atoms with Gasteiger partial charge in [0.05, 0.1) is 6.26 Å². The van der Waals surface area contributed by atoms with Crippen LogP contribution < -0.4 is 10.0 Å². The molecule has 0 bridgehead atoms. The molecular weight excluding hydrogens is 260 g/mol. The number of hydrogen-bond acceptors (Lipinski definition) is 4. The highest BCUT2D eigenvalue weighted by atomic mass is 32.2. The molecule has 8 heteroatoms. The van der Waals surface area contributed by atoms with Crippen molar-refractivity contribution in [2.45, 2.75) is 6.42 Å². The zero-order valence-corrected chi connectivity index (χ0v) is 10.3. The van der Waals surface area contributed by atoms with E-state index in [2.05, 4.69) is 10.0 Å². The maximum absolute atomic E-state index is 11.1. The zero-order valence-electron chi connectivity index (χ0n) is 9.50. The molecule has 3 N–H and O–H groups in total. The lowest BCUT2D eigenvalue weighted by molar-refractivity contribution is -0.139. The molecule has 0 spiro atoms. The summed E-state index contributed by atoms with van der Waals surface area (Å²) in [5.41, 5.74) is 0.744. The normalized spacial score (nSPS) is 10.7. The molecule has 0 aromatic heterocycles. The van der Waals surface area contributed by atoms with Crippen LogP contribution in [0.5, 0.6) is 0 Å². The summed E-state index contributed by atoms with van der Waals surface area (Å²) < 4.78 is 24.1. The summed E-state index contributed by atoms with van der Waals surface area (Å²) in [6.07, 6.45) is 0.402. The molecule has 0 atom stereocenters. The van der Waals surface area contributed by atoms with Gasteiger partial charge in [0.2, 0.25) is 15.9 Å². The number of rotatable bonds is 5. The number of carboxylic acids is 1. The monoisotopic (exact) mass is 272 g/mol. The minimum absolute atomic E-state index is 0.355. The average Bonchev–Trinajstić information content (AvgIpc) is 2.17. The maximum atomic E-state index is 11.1. The van der Waals surface area contributed by atoms with Crippen molar-refractivity contribution in [3.05, 3.63) is 24.3 Å². The molecule has 1 amide bonds. The Labute approximate surface area is 104 Å². The van der Waals surface area contributed by atoms with Crippen molar-refractivity contribution in [1.29, 1.82) is 0 Å². The van der Waals surface area contributed by atoms with E-state index in [1.54, 1.807) is 0 Å². The second-order valence-electron chi connectivity index (χ2n) is 3.57. The fraction of sp³-hybridized carbons (Fsp3) is 0.200. The Morgan fingerprint density at radius 3 is 2.11 bits per heavy atom. The van der Waals surface area contributed by atoms with Gasteiger partial charge in [0.1, 0.15) is 6.42 Å². The predicted molar refractivity (Wildman–Crippen MR) is 65.8 cm³/mol. The number of sulfonamides is 1. The Hall–Kier alpha value is -2.09. The van der Waals surface area contributed by atoms with Gasteiger partial charge in [-0.3, -0.25) is 14.3 Å². The van der Waals surface area contributed by atoms with E-state index in [9.17, 15) is 18.0 Å². The molecule has 0 radical (unpaired) electrons. The highest BCUT2D eigenvalue weighted by Crippen LogP contribution is 2.14. The number of benzene rings is 1. The zero-order chi connectivity index (χ0) is 13.8. The van der Waals surface area contributed by atoms with Gasteiger partial charge in [-0.1, -0.05) is 0 Å². The third kappa shape index (κ3) is 5.30. The third-order valence-corrected chi connectivity index (χ3v) is 2.39. The molecule has 0 aliphatic heterocycles. The number of carboxylic acid groups (broad SMARTS) is 1. The van der Waals surface area contributed by atoms with E-state index < -0.39 is 28.3 Å². The Balaban J connectivity index is 2.66. The first-order chi connectivity index (χ1) is 8.26. The van der Waals surface area contributed by atoms with Crippen LogP contribution in [0.15, 0.2) is 24.3 Å². The van der Waals surface area contributed by atoms with Gasteiger partial charge in [-0.05, 0) is 24.3 Å². The molecule has 0 saturated heterocycles. The van der Waals surface area contributed by atoms with Gasteiger partial charge < -0.3 is 10.4 Å². The van der Waals surface area contributed by atoms with E-state index >= 15 is 0 Å². The van der Waals surface area contributed by atoms with Crippen molar-refractivity contribution in [3.63, 3.8) is 0 Å². The summed E-state index contributed by atoms with van der Waals surface area (Å²) in [7, 11) is -3.34. The molecule has 0 aliphatic carbocycles.